The van der Waals surface area contributed by atoms with Crippen molar-refractivity contribution in [2.75, 3.05) is 0 Å². The Morgan fingerprint density at radius 2 is 1.80 bits per heavy atom. The smallest absolute Gasteiger partial charge is 0.269 e. The summed E-state index contributed by atoms with van der Waals surface area (Å²) < 4.78 is 0. The lowest BCUT2D eigenvalue weighted by Gasteiger charge is -2.48. The Hall–Kier alpha value is -1.46. The summed E-state index contributed by atoms with van der Waals surface area (Å²) in [4.78, 5) is 12.9. The van der Waals surface area contributed by atoms with E-state index in [2.05, 4.69) is 4.90 Å². The predicted molar refractivity (Wildman–Crippen MR) is 77.3 cm³/mol. The van der Waals surface area contributed by atoms with Gasteiger partial charge in [0.1, 0.15) is 0 Å². The summed E-state index contributed by atoms with van der Waals surface area (Å²) in [5, 5.41) is 10.7. The van der Waals surface area contributed by atoms with E-state index in [1.807, 2.05) is 12.1 Å². The predicted octanol–water partition coefficient (Wildman–Crippen LogP) is 2.44. The maximum absolute atomic E-state index is 10.7. The quantitative estimate of drug-likeness (QED) is 0.679. The largest absolute Gasteiger partial charge is 0.328 e. The Bertz CT molecular complexity index is 474. The molecule has 5 nitrogen and oxygen atoms in total. The first kappa shape index (κ1) is 13.5. The first-order chi connectivity index (χ1) is 9.63. The number of nitrogens with zero attached hydrogens (tertiary/aromatic N) is 2. The zero-order chi connectivity index (χ0) is 14.1. The maximum Gasteiger partial charge on any atom is 0.269 e. The van der Waals surface area contributed by atoms with Crippen molar-refractivity contribution in [3.63, 3.8) is 0 Å². The van der Waals surface area contributed by atoms with Crippen LogP contribution in [0.15, 0.2) is 24.3 Å². The summed E-state index contributed by atoms with van der Waals surface area (Å²) in [5.41, 5.74) is 7.45. The van der Waals surface area contributed by atoms with Crippen LogP contribution < -0.4 is 5.73 Å². The van der Waals surface area contributed by atoms with Crippen molar-refractivity contribution in [1.29, 1.82) is 0 Å². The van der Waals surface area contributed by atoms with Gasteiger partial charge in [-0.2, -0.15) is 0 Å². The maximum atomic E-state index is 10.7. The highest BCUT2D eigenvalue weighted by Gasteiger charge is 2.36. The van der Waals surface area contributed by atoms with E-state index < -0.39 is 0 Å². The van der Waals surface area contributed by atoms with E-state index >= 15 is 0 Å². The minimum atomic E-state index is -0.349. The number of nitrogens with two attached hydrogens (primary N) is 1. The number of non-ortho nitro benzene ring substituents is 1. The van der Waals surface area contributed by atoms with Crippen molar-refractivity contribution < 1.29 is 4.92 Å². The van der Waals surface area contributed by atoms with Gasteiger partial charge in [0.25, 0.3) is 5.69 Å². The second-order valence-corrected chi connectivity index (χ2v) is 6.07. The third-order valence-electron chi connectivity index (χ3n) is 4.67. The lowest BCUT2D eigenvalue weighted by atomic mass is 9.82. The lowest BCUT2D eigenvalue weighted by Crippen LogP contribution is -2.54. The van der Waals surface area contributed by atoms with Gasteiger partial charge >= 0.3 is 0 Å². The van der Waals surface area contributed by atoms with Crippen LogP contribution in [-0.2, 0) is 6.54 Å². The fourth-order valence-electron chi connectivity index (χ4n) is 3.71. The molecule has 108 valence electrons. The number of piperidine rings is 2. The average Bonchev–Trinajstić information content (AvgIpc) is 2.40. The highest BCUT2D eigenvalue weighted by atomic mass is 16.6. The van der Waals surface area contributed by atoms with Gasteiger partial charge in [-0.05, 0) is 31.2 Å². The molecule has 2 fully saturated rings. The molecule has 20 heavy (non-hydrogen) atoms. The number of benzene rings is 1. The van der Waals surface area contributed by atoms with Crippen molar-refractivity contribution in [3.05, 3.63) is 39.9 Å². The number of fused-ring (bicyclic) bond motifs is 2. The van der Waals surface area contributed by atoms with Crippen LogP contribution in [0.4, 0.5) is 5.69 Å². The Morgan fingerprint density at radius 3 is 2.35 bits per heavy atom. The van der Waals surface area contributed by atoms with E-state index in [9.17, 15) is 10.1 Å². The van der Waals surface area contributed by atoms with E-state index in [-0.39, 0.29) is 10.6 Å². The summed E-state index contributed by atoms with van der Waals surface area (Å²) in [5.74, 6) is 0. The van der Waals surface area contributed by atoms with Gasteiger partial charge in [-0.15, -0.1) is 0 Å². The van der Waals surface area contributed by atoms with Crippen LogP contribution in [-0.4, -0.2) is 27.9 Å². The van der Waals surface area contributed by atoms with Crippen molar-refractivity contribution in [1.82, 2.24) is 4.90 Å². The summed E-state index contributed by atoms with van der Waals surface area (Å²) >= 11 is 0. The van der Waals surface area contributed by atoms with Gasteiger partial charge < -0.3 is 5.73 Å². The van der Waals surface area contributed by atoms with Crippen LogP contribution in [0.5, 0.6) is 0 Å². The summed E-state index contributed by atoms with van der Waals surface area (Å²) in [6.07, 6.45) is 5.94. The van der Waals surface area contributed by atoms with Crippen molar-refractivity contribution in [3.8, 4) is 0 Å². The summed E-state index contributed by atoms with van der Waals surface area (Å²) in [6.45, 7) is 0.889. The summed E-state index contributed by atoms with van der Waals surface area (Å²) in [6, 6.07) is 8.48. The highest BCUT2D eigenvalue weighted by molar-refractivity contribution is 5.32. The van der Waals surface area contributed by atoms with E-state index in [4.69, 9.17) is 5.73 Å². The number of hydrogen-bond donors (Lipinski definition) is 1. The molecule has 2 aliphatic heterocycles. The van der Waals surface area contributed by atoms with Gasteiger partial charge in [0.2, 0.25) is 0 Å². The molecule has 0 spiro atoms. The Morgan fingerprint density at radius 1 is 1.20 bits per heavy atom. The van der Waals surface area contributed by atoms with Crippen LogP contribution in [0, 0.1) is 10.1 Å². The Balaban J connectivity index is 1.72. The minimum absolute atomic E-state index is 0.162. The molecular formula is C15H21N3O2. The molecule has 3 rings (SSSR count). The van der Waals surface area contributed by atoms with Crippen LogP contribution >= 0.6 is 0 Å². The van der Waals surface area contributed by atoms with Crippen LogP contribution in [0.25, 0.3) is 0 Å². The number of nitro benzene ring substituents is 1. The normalized spacial score (nSPS) is 30.1. The van der Waals surface area contributed by atoms with Gasteiger partial charge in [-0.3, -0.25) is 15.0 Å². The van der Waals surface area contributed by atoms with Gasteiger partial charge in [-0.25, -0.2) is 0 Å². The standard InChI is InChI=1S/C15H21N3O2/c16-12-8-14-2-1-3-15(9-12)17(14)10-11-4-6-13(7-5-11)18(19)20/h4-7,12,14-15H,1-3,8-10,16H2. The molecule has 1 aromatic carbocycles. The average molecular weight is 275 g/mol. The SMILES string of the molecule is NC1CC2CCCC(C1)N2Cc1ccc([N+](=O)[O-])cc1. The van der Waals surface area contributed by atoms with Crippen molar-refractivity contribution in [2.45, 2.75) is 56.8 Å². The van der Waals surface area contributed by atoms with E-state index in [1.54, 1.807) is 12.1 Å². The van der Waals surface area contributed by atoms with Crippen LogP contribution in [0.2, 0.25) is 0 Å². The van der Waals surface area contributed by atoms with Crippen molar-refractivity contribution in [2.24, 2.45) is 5.73 Å². The molecule has 1 aromatic rings. The van der Waals surface area contributed by atoms with Crippen LogP contribution in [0.1, 0.15) is 37.7 Å². The second kappa shape index (κ2) is 5.50. The third kappa shape index (κ3) is 2.69. The lowest BCUT2D eigenvalue weighted by molar-refractivity contribution is -0.384. The Kier molecular flexibility index (Phi) is 3.72. The third-order valence-corrected chi connectivity index (χ3v) is 4.67. The van der Waals surface area contributed by atoms with Gasteiger partial charge in [0.05, 0.1) is 4.92 Å². The molecule has 2 atom stereocenters. The fourth-order valence-corrected chi connectivity index (χ4v) is 3.71. The molecule has 2 bridgehead atoms. The molecule has 0 radical (unpaired) electrons. The zero-order valence-corrected chi connectivity index (χ0v) is 11.6. The van der Waals surface area contributed by atoms with Gasteiger partial charge in [0, 0.05) is 36.8 Å². The molecule has 0 amide bonds. The van der Waals surface area contributed by atoms with E-state index in [0.717, 1.165) is 24.9 Å². The minimum Gasteiger partial charge on any atom is -0.328 e. The molecule has 0 saturated carbocycles. The highest BCUT2D eigenvalue weighted by Crippen LogP contribution is 2.34. The summed E-state index contributed by atoms with van der Waals surface area (Å²) in [7, 11) is 0. The second-order valence-electron chi connectivity index (χ2n) is 6.07. The van der Waals surface area contributed by atoms with Gasteiger partial charge in [-0.1, -0.05) is 18.6 Å². The molecule has 5 heteroatoms. The monoisotopic (exact) mass is 275 g/mol. The fraction of sp³-hybridized carbons (Fsp3) is 0.600. The number of rotatable bonds is 3. The molecule has 2 aliphatic rings. The van der Waals surface area contributed by atoms with Crippen LogP contribution in [0.3, 0.4) is 0 Å². The topological polar surface area (TPSA) is 72.4 Å². The molecule has 0 aromatic heterocycles. The Labute approximate surface area is 118 Å². The zero-order valence-electron chi connectivity index (χ0n) is 11.6. The first-order valence-corrected chi connectivity index (χ1v) is 7.38. The van der Waals surface area contributed by atoms with E-state index in [1.165, 1.54) is 19.3 Å². The molecule has 0 aliphatic carbocycles. The first-order valence-electron chi connectivity index (χ1n) is 7.38. The molecule has 2 heterocycles. The molecule has 2 N–H and O–H groups in total. The molecule has 2 saturated heterocycles. The van der Waals surface area contributed by atoms with Gasteiger partial charge in [0.15, 0.2) is 0 Å². The molecular weight excluding hydrogens is 254 g/mol. The number of hydrogen-bond acceptors (Lipinski definition) is 4. The van der Waals surface area contributed by atoms with E-state index in [0.29, 0.717) is 18.1 Å². The number of nitro groups is 1. The van der Waals surface area contributed by atoms with Crippen molar-refractivity contribution >= 4 is 5.69 Å². The molecule has 2 unspecified atom stereocenters.